The van der Waals surface area contributed by atoms with E-state index >= 15 is 0 Å². The van der Waals surface area contributed by atoms with Gasteiger partial charge < -0.3 is 18.9 Å². The van der Waals surface area contributed by atoms with Crippen molar-refractivity contribution in [2.75, 3.05) is 54.6 Å². The Hall–Kier alpha value is -3.20. The van der Waals surface area contributed by atoms with Crippen molar-refractivity contribution < 1.29 is 18.9 Å². The zero-order chi connectivity index (χ0) is 35.0. The summed E-state index contributed by atoms with van der Waals surface area (Å²) >= 11 is 3.58. The number of benzene rings is 4. The third kappa shape index (κ3) is 9.98. The van der Waals surface area contributed by atoms with Gasteiger partial charge in [0.25, 0.3) is 0 Å². The van der Waals surface area contributed by atoms with Crippen LogP contribution in [0.3, 0.4) is 0 Å². The lowest BCUT2D eigenvalue weighted by Crippen LogP contribution is -2.28. The Morgan fingerprint density at radius 3 is 1.60 bits per heavy atom. The second kappa shape index (κ2) is 17.3. The van der Waals surface area contributed by atoms with E-state index in [0.29, 0.717) is 6.61 Å². The number of hydrogen-bond donors (Lipinski definition) is 0. The molecule has 0 saturated heterocycles. The fraction of sp³-hybridized carbons (Fsp3) is 0.442. The molecule has 266 valence electrons. The smallest absolute Gasteiger partial charge is 0.119 e. The monoisotopic (exact) mass is 740 g/mol. The summed E-state index contributed by atoms with van der Waals surface area (Å²) in [5.74, 6) is 3.58. The highest BCUT2D eigenvalue weighted by Crippen LogP contribution is 2.43. The minimum Gasteiger partial charge on any atom is -0.497 e. The van der Waals surface area contributed by atoms with Gasteiger partial charge in [-0.25, -0.2) is 0 Å². The molecule has 50 heavy (non-hydrogen) atoms. The SMILES string of the molecule is CC1CC1.COc1cccc(C2OCCN(C)Cc3ccc(Br)cc32)c1.COc1cccc(C2OCCN(C)Cc3ccc(C4CC4)cc32)c1. The maximum atomic E-state index is 6.32. The van der Waals surface area contributed by atoms with Crippen LogP contribution >= 0.6 is 15.9 Å². The van der Waals surface area contributed by atoms with E-state index in [1.165, 1.54) is 59.1 Å². The molecule has 0 bridgehead atoms. The Morgan fingerprint density at radius 2 is 1.12 bits per heavy atom. The lowest BCUT2D eigenvalue weighted by molar-refractivity contribution is 0.0551. The molecule has 0 aromatic heterocycles. The van der Waals surface area contributed by atoms with E-state index in [9.17, 15) is 0 Å². The largest absolute Gasteiger partial charge is 0.497 e. The molecule has 4 aromatic rings. The van der Waals surface area contributed by atoms with Crippen molar-refractivity contribution in [3.63, 3.8) is 0 Å². The number of hydrogen-bond acceptors (Lipinski definition) is 6. The Bertz CT molecular complexity index is 1700. The molecule has 2 unspecified atom stereocenters. The van der Waals surface area contributed by atoms with Gasteiger partial charge in [0.15, 0.2) is 0 Å². The van der Waals surface area contributed by atoms with Crippen molar-refractivity contribution >= 4 is 15.9 Å². The van der Waals surface area contributed by atoms with Crippen LogP contribution in [0.25, 0.3) is 0 Å². The van der Waals surface area contributed by atoms with E-state index in [2.05, 4.69) is 107 Å². The fourth-order valence-corrected chi connectivity index (χ4v) is 6.90. The van der Waals surface area contributed by atoms with Gasteiger partial charge in [-0.1, -0.05) is 84.2 Å². The second-order valence-corrected chi connectivity index (χ2v) is 15.2. The molecule has 2 aliphatic carbocycles. The van der Waals surface area contributed by atoms with Gasteiger partial charge in [-0.2, -0.15) is 0 Å². The third-order valence-electron chi connectivity index (χ3n) is 9.95. The maximum Gasteiger partial charge on any atom is 0.119 e. The first-order chi connectivity index (χ1) is 24.3. The molecule has 0 amide bonds. The van der Waals surface area contributed by atoms with Gasteiger partial charge in [0.1, 0.15) is 23.7 Å². The van der Waals surface area contributed by atoms with Crippen LogP contribution in [-0.4, -0.2) is 64.4 Å². The first-order valence-electron chi connectivity index (χ1n) is 18.1. The van der Waals surface area contributed by atoms with Crippen LogP contribution in [0.15, 0.2) is 89.4 Å². The van der Waals surface area contributed by atoms with Crippen molar-refractivity contribution in [1.82, 2.24) is 9.80 Å². The lowest BCUT2D eigenvalue weighted by atomic mass is 9.92. The van der Waals surface area contributed by atoms with Crippen LogP contribution in [0.5, 0.6) is 11.5 Å². The van der Waals surface area contributed by atoms with Crippen molar-refractivity contribution in [2.45, 2.75) is 63.8 Å². The third-order valence-corrected chi connectivity index (χ3v) is 10.4. The minimum atomic E-state index is -0.0590. The van der Waals surface area contributed by atoms with Gasteiger partial charge in [0.2, 0.25) is 0 Å². The molecular weight excluding hydrogens is 688 g/mol. The Balaban J connectivity index is 0.000000156. The van der Waals surface area contributed by atoms with E-state index in [1.54, 1.807) is 14.2 Å². The highest BCUT2D eigenvalue weighted by molar-refractivity contribution is 9.10. The molecule has 2 fully saturated rings. The van der Waals surface area contributed by atoms with Crippen LogP contribution in [0.2, 0.25) is 0 Å². The molecule has 8 rings (SSSR count). The number of rotatable bonds is 5. The molecule has 2 heterocycles. The summed E-state index contributed by atoms with van der Waals surface area (Å²) < 4.78 is 24.4. The number of halogens is 1. The second-order valence-electron chi connectivity index (χ2n) is 14.3. The number of nitrogens with zero attached hydrogens (tertiary/aromatic N) is 2. The molecule has 0 spiro atoms. The molecule has 2 atom stereocenters. The predicted octanol–water partition coefficient (Wildman–Crippen LogP) is 9.55. The van der Waals surface area contributed by atoms with Gasteiger partial charge in [0.05, 0.1) is 27.4 Å². The van der Waals surface area contributed by atoms with Crippen LogP contribution in [-0.2, 0) is 22.6 Å². The standard InChI is InChI=1S/C21H25NO2.C18H20BrNO2.C4H8/c1-22-10-11-24-21(17-4-3-5-19(12-17)23-2)20-13-16(15-6-7-15)8-9-18(20)14-22;1-20-8-9-22-18(13-4-3-5-16(10-13)21-2)17-11-15(19)7-6-14(17)12-20;1-4-2-3-4/h3-5,8-9,12-13,15,21H,6-7,10-11,14H2,1-2H3;3-7,10-11,18H,8-9,12H2,1-2H3;4H,2-3H2,1H3. The highest BCUT2D eigenvalue weighted by Gasteiger charge is 2.28. The molecule has 6 nitrogen and oxygen atoms in total. The highest BCUT2D eigenvalue weighted by atomic mass is 79.9. The van der Waals surface area contributed by atoms with E-state index in [4.69, 9.17) is 18.9 Å². The average molecular weight is 742 g/mol. The maximum absolute atomic E-state index is 6.32. The summed E-state index contributed by atoms with van der Waals surface area (Å²) in [7, 11) is 7.69. The minimum absolute atomic E-state index is 0.0116. The summed E-state index contributed by atoms with van der Waals surface area (Å²) in [6.45, 7) is 7.52. The van der Waals surface area contributed by atoms with E-state index in [0.717, 1.165) is 66.2 Å². The molecule has 0 N–H and O–H groups in total. The van der Waals surface area contributed by atoms with Crippen molar-refractivity contribution in [3.05, 3.63) is 128 Å². The zero-order valence-corrected chi connectivity index (χ0v) is 32.0. The summed E-state index contributed by atoms with van der Waals surface area (Å²) in [6, 6.07) is 29.9. The van der Waals surface area contributed by atoms with Gasteiger partial charge >= 0.3 is 0 Å². The molecule has 2 saturated carbocycles. The van der Waals surface area contributed by atoms with Crippen LogP contribution in [0.1, 0.15) is 89.7 Å². The normalized spacial score (nSPS) is 20.9. The molecule has 2 aliphatic heterocycles. The molecular formula is C43H53BrN2O4. The van der Waals surface area contributed by atoms with Crippen LogP contribution < -0.4 is 9.47 Å². The molecule has 4 aliphatic rings. The lowest BCUT2D eigenvalue weighted by Gasteiger charge is -2.29. The van der Waals surface area contributed by atoms with Gasteiger partial charge in [0, 0.05) is 30.7 Å². The quantitative estimate of drug-likeness (QED) is 0.203. The number of methoxy groups -OCH3 is 2. The number of ether oxygens (including phenoxy) is 4. The average Bonchev–Trinajstić information content (AvgIpc) is 4.07. The number of fused-ring (bicyclic) bond motifs is 2. The van der Waals surface area contributed by atoms with E-state index < -0.39 is 0 Å². The number of likely N-dealkylation sites (N-methyl/N-ethyl adjacent to an activating group) is 2. The summed E-state index contributed by atoms with van der Waals surface area (Å²) in [4.78, 5) is 4.62. The fourth-order valence-electron chi connectivity index (χ4n) is 6.53. The van der Waals surface area contributed by atoms with Gasteiger partial charge in [-0.05, 0) is 114 Å². The van der Waals surface area contributed by atoms with Crippen molar-refractivity contribution in [3.8, 4) is 11.5 Å². The molecule has 7 heteroatoms. The van der Waals surface area contributed by atoms with Gasteiger partial charge in [-0.3, -0.25) is 9.80 Å². The topological polar surface area (TPSA) is 43.4 Å². The van der Waals surface area contributed by atoms with Gasteiger partial charge in [-0.15, -0.1) is 0 Å². The Kier molecular flexibility index (Phi) is 12.7. The molecule has 4 aromatic carbocycles. The first kappa shape index (κ1) is 36.6. The Labute approximate surface area is 307 Å². The van der Waals surface area contributed by atoms with Crippen LogP contribution in [0, 0.1) is 5.92 Å². The van der Waals surface area contributed by atoms with Crippen molar-refractivity contribution in [2.24, 2.45) is 5.92 Å². The predicted molar refractivity (Wildman–Crippen MR) is 205 cm³/mol. The summed E-state index contributed by atoms with van der Waals surface area (Å²) in [5, 5.41) is 0. The van der Waals surface area contributed by atoms with E-state index in [-0.39, 0.29) is 12.2 Å². The first-order valence-corrected chi connectivity index (χ1v) is 18.9. The van der Waals surface area contributed by atoms with Crippen molar-refractivity contribution in [1.29, 1.82) is 0 Å². The Morgan fingerprint density at radius 1 is 0.620 bits per heavy atom. The zero-order valence-electron chi connectivity index (χ0n) is 30.4. The summed E-state index contributed by atoms with van der Waals surface area (Å²) in [5.41, 5.74) is 8.98. The van der Waals surface area contributed by atoms with E-state index in [1.807, 2.05) is 24.3 Å². The molecule has 0 radical (unpaired) electrons. The van der Waals surface area contributed by atoms with Crippen LogP contribution in [0.4, 0.5) is 0 Å². The summed E-state index contributed by atoms with van der Waals surface area (Å²) in [6.07, 6.45) is 5.55.